The Balaban J connectivity index is 2.30. The Labute approximate surface area is 101 Å². The number of nitrogens with one attached hydrogen (secondary N) is 1. The molecule has 1 aromatic heterocycles. The fraction of sp³-hybridized carbons (Fsp3) is 0.636. The number of aromatic nitrogens is 2. The van der Waals surface area contributed by atoms with Crippen molar-refractivity contribution in [1.82, 2.24) is 9.97 Å². The second-order valence-electron chi connectivity index (χ2n) is 4.15. The predicted molar refractivity (Wildman–Crippen MR) is 67.2 cm³/mol. The minimum absolute atomic E-state index is 0.505. The van der Waals surface area contributed by atoms with Crippen LogP contribution in [0.5, 0.6) is 0 Å². The molecule has 0 radical (unpaired) electrons. The van der Waals surface area contributed by atoms with Gasteiger partial charge in [0.15, 0.2) is 5.82 Å². The van der Waals surface area contributed by atoms with Crippen molar-refractivity contribution in [2.75, 3.05) is 23.8 Å². The molecule has 1 aliphatic heterocycles. The van der Waals surface area contributed by atoms with Crippen molar-refractivity contribution in [3.63, 3.8) is 0 Å². The van der Waals surface area contributed by atoms with E-state index in [0.717, 1.165) is 12.4 Å². The summed E-state index contributed by atoms with van der Waals surface area (Å²) in [6.45, 7) is 3.25. The Morgan fingerprint density at radius 1 is 1.50 bits per heavy atom. The SMILES string of the molecule is CNc1ncc(Cl)c(N2CCCCC2C)n1. The van der Waals surface area contributed by atoms with E-state index in [-0.39, 0.29) is 0 Å². The minimum atomic E-state index is 0.505. The normalized spacial score (nSPS) is 20.9. The zero-order valence-corrected chi connectivity index (χ0v) is 10.5. The molecule has 1 aliphatic rings. The van der Waals surface area contributed by atoms with Gasteiger partial charge in [0.05, 0.1) is 6.20 Å². The topological polar surface area (TPSA) is 41.1 Å². The molecule has 0 aliphatic carbocycles. The molecule has 2 rings (SSSR count). The maximum atomic E-state index is 6.16. The summed E-state index contributed by atoms with van der Waals surface area (Å²) in [6, 6.07) is 0.505. The van der Waals surface area contributed by atoms with Crippen LogP contribution in [0.3, 0.4) is 0 Å². The number of piperidine rings is 1. The van der Waals surface area contributed by atoms with Gasteiger partial charge in [-0.1, -0.05) is 11.6 Å². The quantitative estimate of drug-likeness (QED) is 0.863. The lowest BCUT2D eigenvalue weighted by atomic mass is 10.0. The van der Waals surface area contributed by atoms with Crippen LogP contribution in [-0.2, 0) is 0 Å². The zero-order valence-electron chi connectivity index (χ0n) is 9.70. The van der Waals surface area contributed by atoms with Crippen molar-refractivity contribution < 1.29 is 0 Å². The van der Waals surface area contributed by atoms with E-state index in [4.69, 9.17) is 11.6 Å². The lowest BCUT2D eigenvalue weighted by Gasteiger charge is -2.34. The summed E-state index contributed by atoms with van der Waals surface area (Å²) in [7, 11) is 1.81. The number of anilines is 2. The molecular weight excluding hydrogens is 224 g/mol. The lowest BCUT2D eigenvalue weighted by Crippen LogP contribution is -2.38. The lowest BCUT2D eigenvalue weighted by molar-refractivity contribution is 0.481. The van der Waals surface area contributed by atoms with Gasteiger partial charge in [-0.15, -0.1) is 0 Å². The summed E-state index contributed by atoms with van der Waals surface area (Å²) >= 11 is 6.16. The Morgan fingerprint density at radius 3 is 3.00 bits per heavy atom. The third-order valence-corrected chi connectivity index (χ3v) is 3.29. The van der Waals surface area contributed by atoms with Crippen molar-refractivity contribution in [2.24, 2.45) is 0 Å². The van der Waals surface area contributed by atoms with E-state index in [1.54, 1.807) is 6.20 Å². The molecule has 0 aromatic carbocycles. The number of nitrogens with zero attached hydrogens (tertiary/aromatic N) is 3. The highest BCUT2D eigenvalue weighted by Gasteiger charge is 2.22. The molecule has 5 heteroatoms. The molecule has 88 valence electrons. The number of rotatable bonds is 2. The smallest absolute Gasteiger partial charge is 0.224 e. The zero-order chi connectivity index (χ0) is 11.5. The van der Waals surface area contributed by atoms with E-state index >= 15 is 0 Å². The van der Waals surface area contributed by atoms with E-state index in [9.17, 15) is 0 Å². The summed E-state index contributed by atoms with van der Waals surface area (Å²) in [5.41, 5.74) is 0. The Morgan fingerprint density at radius 2 is 2.31 bits per heavy atom. The molecule has 0 spiro atoms. The molecule has 1 saturated heterocycles. The molecule has 1 fully saturated rings. The van der Waals surface area contributed by atoms with Crippen LogP contribution in [0, 0.1) is 0 Å². The highest BCUT2D eigenvalue weighted by Crippen LogP contribution is 2.29. The summed E-state index contributed by atoms with van der Waals surface area (Å²) < 4.78 is 0. The Hall–Kier alpha value is -1.03. The van der Waals surface area contributed by atoms with Crippen molar-refractivity contribution in [3.8, 4) is 0 Å². The molecular formula is C11H17ClN4. The van der Waals surface area contributed by atoms with Crippen LogP contribution in [0.25, 0.3) is 0 Å². The Kier molecular flexibility index (Phi) is 3.49. The molecule has 0 amide bonds. The maximum absolute atomic E-state index is 6.16. The van der Waals surface area contributed by atoms with Gasteiger partial charge in [-0.3, -0.25) is 0 Å². The second-order valence-corrected chi connectivity index (χ2v) is 4.56. The van der Waals surface area contributed by atoms with Crippen LogP contribution in [-0.4, -0.2) is 29.6 Å². The van der Waals surface area contributed by atoms with Gasteiger partial charge in [0.2, 0.25) is 5.95 Å². The molecule has 16 heavy (non-hydrogen) atoms. The largest absolute Gasteiger partial charge is 0.357 e. The first kappa shape index (κ1) is 11.5. The third kappa shape index (κ3) is 2.21. The van der Waals surface area contributed by atoms with Crippen LogP contribution in [0.2, 0.25) is 5.02 Å². The van der Waals surface area contributed by atoms with Gasteiger partial charge in [0.1, 0.15) is 5.02 Å². The van der Waals surface area contributed by atoms with Crippen LogP contribution in [0.1, 0.15) is 26.2 Å². The monoisotopic (exact) mass is 240 g/mol. The third-order valence-electron chi connectivity index (χ3n) is 3.02. The van der Waals surface area contributed by atoms with Crippen LogP contribution < -0.4 is 10.2 Å². The van der Waals surface area contributed by atoms with Gasteiger partial charge in [0.25, 0.3) is 0 Å². The fourth-order valence-electron chi connectivity index (χ4n) is 2.09. The summed E-state index contributed by atoms with van der Waals surface area (Å²) in [5, 5.41) is 3.57. The molecule has 1 aromatic rings. The molecule has 1 N–H and O–H groups in total. The number of hydrogen-bond donors (Lipinski definition) is 1. The van der Waals surface area contributed by atoms with Gasteiger partial charge >= 0.3 is 0 Å². The average molecular weight is 241 g/mol. The van der Waals surface area contributed by atoms with E-state index in [1.165, 1.54) is 19.3 Å². The predicted octanol–water partition coefficient (Wildman–Crippen LogP) is 2.55. The number of hydrogen-bond acceptors (Lipinski definition) is 4. The van der Waals surface area contributed by atoms with Gasteiger partial charge in [-0.2, -0.15) is 4.98 Å². The second kappa shape index (κ2) is 4.87. The first-order valence-electron chi connectivity index (χ1n) is 5.69. The van der Waals surface area contributed by atoms with Crippen molar-refractivity contribution in [2.45, 2.75) is 32.2 Å². The molecule has 1 atom stereocenters. The molecule has 1 unspecified atom stereocenters. The first-order chi connectivity index (χ1) is 7.72. The van der Waals surface area contributed by atoms with Crippen LogP contribution >= 0.6 is 11.6 Å². The Bertz CT molecular complexity index is 369. The van der Waals surface area contributed by atoms with E-state index in [2.05, 4.69) is 27.1 Å². The van der Waals surface area contributed by atoms with Gasteiger partial charge in [-0.25, -0.2) is 4.98 Å². The molecule has 2 heterocycles. The molecule has 0 saturated carbocycles. The van der Waals surface area contributed by atoms with Crippen molar-refractivity contribution in [3.05, 3.63) is 11.2 Å². The van der Waals surface area contributed by atoms with E-state index in [1.807, 2.05) is 7.05 Å². The maximum Gasteiger partial charge on any atom is 0.224 e. The molecule has 0 bridgehead atoms. The standard InChI is InChI=1S/C11H17ClN4/c1-8-5-3-4-6-16(8)10-9(12)7-14-11(13-2)15-10/h7-8H,3-6H2,1-2H3,(H,13,14,15). The van der Waals surface area contributed by atoms with Gasteiger partial charge < -0.3 is 10.2 Å². The average Bonchev–Trinajstić information content (AvgIpc) is 2.31. The van der Waals surface area contributed by atoms with E-state index in [0.29, 0.717) is 17.0 Å². The first-order valence-corrected chi connectivity index (χ1v) is 6.07. The van der Waals surface area contributed by atoms with E-state index < -0.39 is 0 Å². The summed E-state index contributed by atoms with van der Waals surface area (Å²) in [5.74, 6) is 1.48. The summed E-state index contributed by atoms with van der Waals surface area (Å²) in [6.07, 6.45) is 5.37. The van der Waals surface area contributed by atoms with Crippen molar-refractivity contribution >= 4 is 23.4 Å². The molecule has 4 nitrogen and oxygen atoms in total. The van der Waals surface area contributed by atoms with Gasteiger partial charge in [0, 0.05) is 19.6 Å². The fourth-order valence-corrected chi connectivity index (χ4v) is 2.29. The summed E-state index contributed by atoms with van der Waals surface area (Å²) in [4.78, 5) is 10.8. The highest BCUT2D eigenvalue weighted by atomic mass is 35.5. The van der Waals surface area contributed by atoms with Crippen molar-refractivity contribution in [1.29, 1.82) is 0 Å². The van der Waals surface area contributed by atoms with Crippen LogP contribution in [0.4, 0.5) is 11.8 Å². The van der Waals surface area contributed by atoms with Crippen LogP contribution in [0.15, 0.2) is 6.20 Å². The highest BCUT2D eigenvalue weighted by molar-refractivity contribution is 6.32. The number of halogens is 1. The van der Waals surface area contributed by atoms with Gasteiger partial charge in [-0.05, 0) is 26.2 Å². The minimum Gasteiger partial charge on any atom is -0.357 e.